The summed E-state index contributed by atoms with van der Waals surface area (Å²) in [5, 5.41) is 6.45. The molecule has 134 valence electrons. The first-order valence-corrected chi connectivity index (χ1v) is 8.41. The van der Waals surface area contributed by atoms with Crippen LogP contribution in [0.2, 0.25) is 0 Å². The van der Waals surface area contributed by atoms with Crippen LogP contribution in [0.25, 0.3) is 0 Å². The molecule has 9 N–H and O–H groups in total. The van der Waals surface area contributed by atoms with Gasteiger partial charge in [0, 0.05) is 0 Å². The summed E-state index contributed by atoms with van der Waals surface area (Å²) in [6.45, 7) is -0.755. The van der Waals surface area contributed by atoms with Crippen molar-refractivity contribution < 1.29 is 33.2 Å². The molecule has 0 aromatic heterocycles. The quantitative estimate of drug-likeness (QED) is 0.133. The summed E-state index contributed by atoms with van der Waals surface area (Å²) < 4.78 is 27.6. The first kappa shape index (κ1) is 20.9. The predicted octanol–water partition coefficient (Wildman–Crippen LogP) is -1.85. The zero-order valence-electron chi connectivity index (χ0n) is 12.3. The van der Waals surface area contributed by atoms with Crippen molar-refractivity contribution in [2.45, 2.75) is 0 Å². The Balaban J connectivity index is 4.26. The summed E-state index contributed by atoms with van der Waals surface area (Å²) in [7, 11) is -3.14. The molecule has 6 amide bonds. The molecule has 23 heavy (non-hydrogen) atoms. The largest absolute Gasteiger partial charge is 0.353 e. The average molecular weight is 356 g/mol. The minimum atomic E-state index is -3.14. The van der Waals surface area contributed by atoms with Crippen LogP contribution in [0.1, 0.15) is 0 Å². The van der Waals surface area contributed by atoms with Gasteiger partial charge in [-0.25, -0.2) is 14.4 Å². The van der Waals surface area contributed by atoms with E-state index < -0.39 is 25.2 Å². The fourth-order valence-electron chi connectivity index (χ4n) is 1.11. The van der Waals surface area contributed by atoms with Crippen molar-refractivity contribution >= 4 is 25.2 Å². The van der Waals surface area contributed by atoms with Crippen LogP contribution in [0.5, 0.6) is 0 Å². The lowest BCUT2D eigenvalue weighted by atomic mass is 11.0. The molecule has 0 unspecified atom stereocenters. The molecule has 14 heteroatoms. The van der Waals surface area contributed by atoms with Crippen molar-refractivity contribution in [3.05, 3.63) is 0 Å². The third kappa shape index (κ3) is 13.3. The van der Waals surface area contributed by atoms with Crippen molar-refractivity contribution in [3.8, 4) is 0 Å². The average Bonchev–Trinajstić information content (AvgIpc) is 2.44. The number of carbonyl (C=O) groups is 3. The van der Waals surface area contributed by atoms with Gasteiger partial charge in [0.25, 0.3) is 0 Å². The molecular formula is C9H21N6O7P. The summed E-state index contributed by atoms with van der Waals surface area (Å²) in [4.78, 5) is 31.4. The number of amides is 6. The van der Waals surface area contributed by atoms with Crippen molar-refractivity contribution in [2.75, 3.05) is 39.2 Å². The number of rotatable bonds is 12. The van der Waals surface area contributed by atoms with Crippen molar-refractivity contribution in [3.63, 3.8) is 0 Å². The molecule has 0 spiro atoms. The van der Waals surface area contributed by atoms with E-state index >= 15 is 0 Å². The number of urea groups is 3. The van der Waals surface area contributed by atoms with Crippen molar-refractivity contribution in [1.82, 2.24) is 16.0 Å². The van der Waals surface area contributed by atoms with E-state index in [2.05, 4.69) is 16.0 Å². The van der Waals surface area contributed by atoms with Gasteiger partial charge < -0.3 is 51.9 Å². The maximum absolute atomic E-state index is 12.5. The van der Waals surface area contributed by atoms with Gasteiger partial charge >= 0.3 is 18.1 Å². The first-order chi connectivity index (χ1) is 10.7. The van der Waals surface area contributed by atoms with Crippen LogP contribution in [0.4, 0.5) is 14.4 Å². The van der Waals surface area contributed by atoms with Gasteiger partial charge in [0.15, 0.2) is 7.14 Å². The number of nitrogens with one attached hydrogen (secondary N) is 3. The van der Waals surface area contributed by atoms with Crippen molar-refractivity contribution in [1.29, 1.82) is 0 Å². The third-order valence-corrected chi connectivity index (χ3v) is 3.98. The van der Waals surface area contributed by atoms with E-state index in [1.807, 2.05) is 0 Å². The van der Waals surface area contributed by atoms with E-state index in [4.69, 9.17) is 31.4 Å². The second-order valence-electron chi connectivity index (χ2n) is 4.11. The summed E-state index contributed by atoms with van der Waals surface area (Å²) in [6, 6.07) is -2.41. The number of carbonyl (C=O) groups excluding carboxylic acids is 3. The molecule has 0 aliphatic rings. The minimum absolute atomic E-state index is 0.252. The normalized spacial score (nSPS) is 10.8. The van der Waals surface area contributed by atoms with E-state index in [-0.39, 0.29) is 39.2 Å². The molecule has 13 nitrogen and oxygen atoms in total. The van der Waals surface area contributed by atoms with Gasteiger partial charge in [0.2, 0.25) is 0 Å². The Morgan fingerprint density at radius 1 is 0.696 bits per heavy atom. The number of ether oxygens (including phenoxy) is 3. The number of nitrogens with two attached hydrogens (primary N) is 3. The molecule has 0 rings (SSSR count). The number of hydrogen-bond acceptors (Lipinski definition) is 7. The van der Waals surface area contributed by atoms with Gasteiger partial charge in [0.1, 0.15) is 39.2 Å². The van der Waals surface area contributed by atoms with Gasteiger partial charge in [-0.3, -0.25) is 0 Å². The fraction of sp³-hybridized carbons (Fsp3) is 0.667. The first-order valence-electron chi connectivity index (χ1n) is 6.15. The van der Waals surface area contributed by atoms with E-state index in [1.54, 1.807) is 0 Å². The standard InChI is InChI=1S/C9H21N6O7P/c10-7(16)13-1-20-4-23(19,5-21-2-14-8(11)17)6-22-3-15-9(12)18/h1-6H2,(H3,10,13,16)(H3,11,14,17)(H3,12,15,18). The smallest absolute Gasteiger partial charge is 0.313 e. The lowest BCUT2D eigenvalue weighted by molar-refractivity contribution is 0.122. The van der Waals surface area contributed by atoms with E-state index in [9.17, 15) is 18.9 Å². The minimum Gasteiger partial charge on any atom is -0.353 e. The van der Waals surface area contributed by atoms with Gasteiger partial charge in [-0.15, -0.1) is 0 Å². The highest BCUT2D eigenvalue weighted by Gasteiger charge is 2.24. The lowest BCUT2D eigenvalue weighted by Crippen LogP contribution is -2.33. The molecule has 0 aromatic rings. The monoisotopic (exact) mass is 356 g/mol. The Hall–Kier alpha value is -2.08. The number of primary amides is 3. The molecule has 0 bridgehead atoms. The van der Waals surface area contributed by atoms with Crippen LogP contribution < -0.4 is 33.2 Å². The maximum atomic E-state index is 12.5. The third-order valence-electron chi connectivity index (χ3n) is 2.03. The zero-order valence-corrected chi connectivity index (χ0v) is 13.2. The highest BCUT2D eigenvalue weighted by Crippen LogP contribution is 2.45. The molecule has 0 radical (unpaired) electrons. The van der Waals surface area contributed by atoms with E-state index in [0.717, 1.165) is 0 Å². The zero-order chi connectivity index (χ0) is 17.7. The molecule has 0 aliphatic heterocycles. The summed E-state index contributed by atoms with van der Waals surface area (Å²) in [5.41, 5.74) is 14.5. The number of hydrogen-bond donors (Lipinski definition) is 6. The van der Waals surface area contributed by atoms with Crippen molar-refractivity contribution in [2.24, 2.45) is 17.2 Å². The molecule has 0 atom stereocenters. The molecule has 0 saturated carbocycles. The molecule has 0 aliphatic carbocycles. The van der Waals surface area contributed by atoms with E-state index in [1.165, 1.54) is 0 Å². The summed E-state index contributed by atoms with van der Waals surface area (Å²) in [6.07, 6.45) is -0.874. The highest BCUT2D eigenvalue weighted by molar-refractivity contribution is 7.63. The molecule has 0 heterocycles. The topological polar surface area (TPSA) is 210 Å². The molecular weight excluding hydrogens is 335 g/mol. The van der Waals surface area contributed by atoms with Crippen LogP contribution in [-0.4, -0.2) is 57.3 Å². The molecule has 0 fully saturated rings. The van der Waals surface area contributed by atoms with Gasteiger partial charge in [0.05, 0.1) is 0 Å². The lowest BCUT2D eigenvalue weighted by Gasteiger charge is -2.18. The Labute approximate surface area is 131 Å². The van der Waals surface area contributed by atoms with Crippen LogP contribution in [0.3, 0.4) is 0 Å². The van der Waals surface area contributed by atoms with Crippen LogP contribution >= 0.6 is 7.14 Å². The predicted molar refractivity (Wildman–Crippen MR) is 78.2 cm³/mol. The second-order valence-corrected chi connectivity index (χ2v) is 7.00. The Morgan fingerprint density at radius 3 is 1.17 bits per heavy atom. The SMILES string of the molecule is NC(=O)NCOCP(=O)(COCNC(N)=O)COCNC(N)=O. The maximum Gasteiger partial charge on any atom is 0.313 e. The van der Waals surface area contributed by atoms with Crippen LogP contribution in [-0.2, 0) is 18.8 Å². The fourth-order valence-corrected chi connectivity index (χ4v) is 2.61. The van der Waals surface area contributed by atoms with Gasteiger partial charge in [-0.05, 0) is 0 Å². The summed E-state index contributed by atoms with van der Waals surface area (Å²) >= 11 is 0. The Bertz CT molecular complexity index is 386. The van der Waals surface area contributed by atoms with Crippen LogP contribution in [0.15, 0.2) is 0 Å². The molecule has 0 saturated heterocycles. The van der Waals surface area contributed by atoms with Crippen LogP contribution in [0, 0.1) is 0 Å². The van der Waals surface area contributed by atoms with E-state index in [0.29, 0.717) is 0 Å². The highest BCUT2D eigenvalue weighted by atomic mass is 31.2. The Kier molecular flexibility index (Phi) is 10.4. The van der Waals surface area contributed by atoms with Gasteiger partial charge in [-0.1, -0.05) is 0 Å². The second kappa shape index (κ2) is 11.5. The molecule has 0 aromatic carbocycles. The summed E-state index contributed by atoms with van der Waals surface area (Å²) in [5.74, 6) is 0. The Morgan fingerprint density at radius 2 is 0.957 bits per heavy atom. The van der Waals surface area contributed by atoms with Gasteiger partial charge in [-0.2, -0.15) is 0 Å².